The van der Waals surface area contributed by atoms with E-state index >= 15 is 0 Å². The number of halogens is 2. The van der Waals surface area contributed by atoms with Crippen LogP contribution >= 0.6 is 15.9 Å². The number of ether oxygens (including phenoxy) is 2. The predicted octanol–water partition coefficient (Wildman–Crippen LogP) is 5.58. The van der Waals surface area contributed by atoms with Gasteiger partial charge >= 0.3 is 0 Å². The monoisotopic (exact) mass is 469 g/mol. The molecule has 0 unspecified atom stereocenters. The number of piperidine rings is 1. The second-order valence-corrected chi connectivity index (χ2v) is 8.47. The molecule has 3 aromatic rings. The quantitative estimate of drug-likeness (QED) is 0.489. The van der Waals surface area contributed by atoms with Gasteiger partial charge in [0, 0.05) is 11.0 Å². The van der Waals surface area contributed by atoms with Crippen molar-refractivity contribution in [3.8, 4) is 0 Å². The molecule has 1 N–H and O–H groups in total. The Morgan fingerprint density at radius 3 is 2.33 bits per heavy atom. The van der Waals surface area contributed by atoms with Crippen molar-refractivity contribution < 1.29 is 13.9 Å². The van der Waals surface area contributed by atoms with Crippen molar-refractivity contribution in [1.29, 1.82) is 0 Å². The number of nitrogens with one attached hydrogen (secondary N) is 1. The summed E-state index contributed by atoms with van der Waals surface area (Å²) in [7, 11) is 0. The summed E-state index contributed by atoms with van der Waals surface area (Å²) in [5, 5.41) is 3.43. The Balaban J connectivity index is 1.60. The van der Waals surface area contributed by atoms with Crippen molar-refractivity contribution in [2.24, 2.45) is 0 Å². The summed E-state index contributed by atoms with van der Waals surface area (Å²) in [6, 6.07) is 24.9. The SMILES string of the molecule is Fc1ccc([C@@]2(OCc3ccccc3)CCNC[C@@H]2OCc2ccc(Br)cc2)cc1. The zero-order valence-corrected chi connectivity index (χ0v) is 18.3. The van der Waals surface area contributed by atoms with Gasteiger partial charge in [-0.05, 0) is 53.9 Å². The van der Waals surface area contributed by atoms with Gasteiger partial charge in [0.2, 0.25) is 0 Å². The molecule has 0 amide bonds. The van der Waals surface area contributed by atoms with E-state index in [-0.39, 0.29) is 11.9 Å². The van der Waals surface area contributed by atoms with Crippen molar-refractivity contribution in [3.63, 3.8) is 0 Å². The molecular formula is C25H25BrFNO2. The van der Waals surface area contributed by atoms with Crippen LogP contribution in [0.2, 0.25) is 0 Å². The van der Waals surface area contributed by atoms with Gasteiger partial charge in [0.25, 0.3) is 0 Å². The number of benzene rings is 3. The van der Waals surface area contributed by atoms with Crippen LogP contribution in [0, 0.1) is 5.82 Å². The van der Waals surface area contributed by atoms with Crippen LogP contribution in [0.4, 0.5) is 4.39 Å². The van der Waals surface area contributed by atoms with Gasteiger partial charge in [-0.2, -0.15) is 0 Å². The normalized spacial score (nSPS) is 21.5. The standard InChI is InChI=1S/C25H25BrFNO2/c26-22-10-6-20(7-11-22)17-29-24-16-28-15-14-25(24,21-8-12-23(27)13-9-21)30-18-19-4-2-1-3-5-19/h1-13,24,28H,14-18H2/t24-,25-/m0/s1. The van der Waals surface area contributed by atoms with E-state index in [2.05, 4.69) is 33.4 Å². The molecule has 0 saturated carbocycles. The van der Waals surface area contributed by atoms with Gasteiger partial charge in [-0.1, -0.05) is 70.5 Å². The van der Waals surface area contributed by atoms with Gasteiger partial charge in [-0.15, -0.1) is 0 Å². The van der Waals surface area contributed by atoms with Crippen molar-refractivity contribution >= 4 is 15.9 Å². The first-order valence-corrected chi connectivity index (χ1v) is 11.0. The lowest BCUT2D eigenvalue weighted by Crippen LogP contribution is -2.54. The topological polar surface area (TPSA) is 30.5 Å². The molecule has 1 fully saturated rings. The Kier molecular flexibility index (Phi) is 6.95. The Morgan fingerprint density at radius 1 is 0.900 bits per heavy atom. The first-order valence-electron chi connectivity index (χ1n) is 10.2. The molecule has 0 aromatic heterocycles. The third-order valence-electron chi connectivity index (χ3n) is 5.56. The highest BCUT2D eigenvalue weighted by molar-refractivity contribution is 9.10. The van der Waals surface area contributed by atoms with E-state index in [0.717, 1.165) is 34.1 Å². The van der Waals surface area contributed by atoms with E-state index in [1.54, 1.807) is 0 Å². The summed E-state index contributed by atoms with van der Waals surface area (Å²) in [6.45, 7) is 2.43. The van der Waals surface area contributed by atoms with Gasteiger partial charge in [0.05, 0.1) is 13.2 Å². The largest absolute Gasteiger partial charge is 0.369 e. The molecule has 1 saturated heterocycles. The summed E-state index contributed by atoms with van der Waals surface area (Å²) < 4.78 is 27.7. The van der Waals surface area contributed by atoms with Crippen molar-refractivity contribution in [2.75, 3.05) is 13.1 Å². The first-order chi connectivity index (χ1) is 14.7. The van der Waals surface area contributed by atoms with Crippen LogP contribution < -0.4 is 5.32 Å². The summed E-state index contributed by atoms with van der Waals surface area (Å²) in [5.41, 5.74) is 2.50. The fourth-order valence-electron chi connectivity index (χ4n) is 3.90. The second kappa shape index (κ2) is 9.84. The smallest absolute Gasteiger partial charge is 0.123 e. The minimum atomic E-state index is -0.649. The van der Waals surface area contributed by atoms with E-state index in [4.69, 9.17) is 9.47 Å². The minimum absolute atomic E-state index is 0.205. The summed E-state index contributed by atoms with van der Waals surface area (Å²) in [5.74, 6) is -0.252. The van der Waals surface area contributed by atoms with Crippen molar-refractivity contribution in [2.45, 2.75) is 31.3 Å². The second-order valence-electron chi connectivity index (χ2n) is 7.55. The van der Waals surface area contributed by atoms with Crippen LogP contribution in [-0.2, 0) is 28.3 Å². The third-order valence-corrected chi connectivity index (χ3v) is 6.09. The van der Waals surface area contributed by atoms with Gasteiger partial charge in [-0.3, -0.25) is 0 Å². The number of rotatable bonds is 7. The third kappa shape index (κ3) is 4.98. The van der Waals surface area contributed by atoms with Crippen LogP contribution in [0.25, 0.3) is 0 Å². The number of hydrogen-bond donors (Lipinski definition) is 1. The lowest BCUT2D eigenvalue weighted by atomic mass is 9.82. The van der Waals surface area contributed by atoms with Crippen molar-refractivity contribution in [3.05, 3.63) is 106 Å². The summed E-state index contributed by atoms with van der Waals surface area (Å²) in [6.07, 6.45) is 0.542. The van der Waals surface area contributed by atoms with E-state index in [0.29, 0.717) is 19.8 Å². The Hall–Kier alpha value is -2.05. The van der Waals surface area contributed by atoms with Crippen LogP contribution in [0.5, 0.6) is 0 Å². The van der Waals surface area contributed by atoms with Gasteiger partial charge in [-0.25, -0.2) is 4.39 Å². The van der Waals surface area contributed by atoms with E-state index in [1.807, 2.05) is 54.6 Å². The fourth-order valence-corrected chi connectivity index (χ4v) is 4.17. The Bertz CT molecular complexity index is 934. The maximum absolute atomic E-state index is 13.6. The summed E-state index contributed by atoms with van der Waals surface area (Å²) in [4.78, 5) is 0. The fraction of sp³-hybridized carbons (Fsp3) is 0.280. The predicted molar refractivity (Wildman–Crippen MR) is 120 cm³/mol. The molecule has 0 bridgehead atoms. The lowest BCUT2D eigenvalue weighted by Gasteiger charge is -2.44. The molecule has 1 aliphatic heterocycles. The van der Waals surface area contributed by atoms with Gasteiger partial charge < -0.3 is 14.8 Å². The molecule has 0 radical (unpaired) electrons. The summed E-state index contributed by atoms with van der Waals surface area (Å²) >= 11 is 3.47. The molecular weight excluding hydrogens is 445 g/mol. The molecule has 0 spiro atoms. The molecule has 4 rings (SSSR count). The molecule has 5 heteroatoms. The maximum Gasteiger partial charge on any atom is 0.123 e. The van der Waals surface area contributed by atoms with E-state index < -0.39 is 5.60 Å². The first kappa shape index (κ1) is 21.2. The molecule has 1 heterocycles. The maximum atomic E-state index is 13.6. The molecule has 0 aliphatic carbocycles. The average molecular weight is 470 g/mol. The highest BCUT2D eigenvalue weighted by Crippen LogP contribution is 2.38. The zero-order valence-electron chi connectivity index (χ0n) is 16.7. The molecule has 30 heavy (non-hydrogen) atoms. The van der Waals surface area contributed by atoms with Crippen LogP contribution in [0.1, 0.15) is 23.1 Å². The molecule has 3 nitrogen and oxygen atoms in total. The van der Waals surface area contributed by atoms with Gasteiger partial charge in [0.15, 0.2) is 0 Å². The van der Waals surface area contributed by atoms with Crippen LogP contribution in [-0.4, -0.2) is 19.2 Å². The Morgan fingerprint density at radius 2 is 1.60 bits per heavy atom. The zero-order chi connectivity index (χ0) is 20.8. The molecule has 3 aromatic carbocycles. The molecule has 2 atom stereocenters. The van der Waals surface area contributed by atoms with E-state index in [1.165, 1.54) is 12.1 Å². The van der Waals surface area contributed by atoms with Crippen LogP contribution in [0.3, 0.4) is 0 Å². The van der Waals surface area contributed by atoms with Gasteiger partial charge in [0.1, 0.15) is 17.5 Å². The molecule has 1 aliphatic rings. The highest BCUT2D eigenvalue weighted by Gasteiger charge is 2.44. The van der Waals surface area contributed by atoms with Crippen LogP contribution in [0.15, 0.2) is 83.3 Å². The minimum Gasteiger partial charge on any atom is -0.369 e. The average Bonchev–Trinajstić information content (AvgIpc) is 2.79. The Labute approximate surface area is 185 Å². The van der Waals surface area contributed by atoms with Crippen molar-refractivity contribution in [1.82, 2.24) is 5.32 Å². The highest BCUT2D eigenvalue weighted by atomic mass is 79.9. The lowest BCUT2D eigenvalue weighted by molar-refractivity contribution is -0.176. The van der Waals surface area contributed by atoms with E-state index in [9.17, 15) is 4.39 Å². The number of hydrogen-bond acceptors (Lipinski definition) is 3. The molecule has 156 valence electrons.